The number of fused-ring (bicyclic) bond motifs is 2. The molecule has 3 aliphatic heterocycles. The van der Waals surface area contributed by atoms with Gasteiger partial charge in [0.25, 0.3) is 0 Å². The maximum atomic E-state index is 14.8. The molecule has 4 atom stereocenters. The maximum absolute atomic E-state index is 14.8. The second-order valence-corrected chi connectivity index (χ2v) is 11.5. The molecule has 4 unspecified atom stereocenters. The van der Waals surface area contributed by atoms with E-state index in [0.717, 1.165) is 5.56 Å². The van der Waals surface area contributed by atoms with Crippen molar-refractivity contribution >= 4 is 11.7 Å². The van der Waals surface area contributed by atoms with E-state index in [4.69, 9.17) is 0 Å². The van der Waals surface area contributed by atoms with Crippen LogP contribution in [0.4, 0.5) is 26.3 Å². The molecule has 2 aromatic rings. The molecule has 3 aliphatic rings. The van der Waals surface area contributed by atoms with Crippen LogP contribution in [0.25, 0.3) is 0 Å². The molecule has 2 saturated heterocycles. The fourth-order valence-corrected chi connectivity index (χ4v) is 6.57. The molecular weight excluding hydrogens is 548 g/mol. The Balaban J connectivity index is 1.70. The van der Waals surface area contributed by atoms with E-state index in [9.17, 15) is 35.9 Å². The van der Waals surface area contributed by atoms with Crippen molar-refractivity contribution in [3.63, 3.8) is 0 Å². The first-order chi connectivity index (χ1) is 19.2. The van der Waals surface area contributed by atoms with E-state index in [-0.39, 0.29) is 36.4 Å². The number of ketones is 1. The lowest BCUT2D eigenvalue weighted by atomic mass is 9.78. The van der Waals surface area contributed by atoms with Crippen LogP contribution in [0.2, 0.25) is 0 Å². The van der Waals surface area contributed by atoms with Crippen molar-refractivity contribution in [1.82, 2.24) is 10.2 Å². The predicted molar refractivity (Wildman–Crippen MR) is 140 cm³/mol. The van der Waals surface area contributed by atoms with Crippen LogP contribution >= 0.6 is 0 Å². The highest BCUT2D eigenvalue weighted by Crippen LogP contribution is 2.42. The van der Waals surface area contributed by atoms with Crippen LogP contribution in [-0.2, 0) is 28.5 Å². The topological polar surface area (TPSA) is 49.4 Å². The quantitative estimate of drug-likeness (QED) is 0.406. The minimum atomic E-state index is -5.03. The molecule has 0 bridgehead atoms. The fourth-order valence-electron chi connectivity index (χ4n) is 6.57. The average Bonchev–Trinajstić information content (AvgIpc) is 2.90. The van der Waals surface area contributed by atoms with Gasteiger partial charge in [-0.05, 0) is 50.7 Å². The molecule has 0 spiro atoms. The molecule has 0 aliphatic carbocycles. The Labute approximate surface area is 234 Å². The largest absolute Gasteiger partial charge is 0.416 e. The van der Waals surface area contributed by atoms with Crippen molar-refractivity contribution in [2.75, 3.05) is 39.8 Å². The van der Waals surface area contributed by atoms with Gasteiger partial charge in [-0.25, -0.2) is 9.28 Å². The molecule has 220 valence electrons. The normalized spacial score (nSPS) is 27.9. The summed E-state index contributed by atoms with van der Waals surface area (Å²) in [6, 6.07) is 7.88. The zero-order valence-electron chi connectivity index (χ0n) is 22.8. The lowest BCUT2D eigenvalue weighted by molar-refractivity contribution is -0.889. The minimum absolute atomic E-state index is 0.0897. The molecule has 0 radical (unpaired) electrons. The van der Waals surface area contributed by atoms with Crippen LogP contribution in [0.3, 0.4) is 0 Å². The molecule has 1 amide bonds. The van der Waals surface area contributed by atoms with Crippen molar-refractivity contribution in [1.29, 1.82) is 0 Å². The minimum Gasteiger partial charge on any atom is -0.312 e. The SMILES string of the molecule is Cc1ccc(C2CCN(C)CC3C(=O)C4=CCNCC4C[N+]3(Cc3cc(C(F)(F)F)cc(C(F)(F)F)c3)C2=O)cc1. The van der Waals surface area contributed by atoms with Crippen molar-refractivity contribution in [2.24, 2.45) is 5.92 Å². The molecule has 11 heteroatoms. The molecular formula is C30H32F6N3O2+. The van der Waals surface area contributed by atoms with Gasteiger partial charge in [-0.15, -0.1) is 0 Å². The first-order valence-corrected chi connectivity index (χ1v) is 13.6. The number of carbonyl (C=O) groups is 2. The van der Waals surface area contributed by atoms with Crippen molar-refractivity contribution < 1.29 is 40.4 Å². The third-order valence-corrected chi connectivity index (χ3v) is 8.64. The van der Waals surface area contributed by atoms with Gasteiger partial charge in [-0.3, -0.25) is 4.79 Å². The van der Waals surface area contributed by atoms with Gasteiger partial charge in [0.15, 0.2) is 6.04 Å². The zero-order valence-corrected chi connectivity index (χ0v) is 22.8. The molecule has 3 heterocycles. The average molecular weight is 581 g/mol. The highest BCUT2D eigenvalue weighted by Gasteiger charge is 2.58. The van der Waals surface area contributed by atoms with Gasteiger partial charge in [-0.1, -0.05) is 35.9 Å². The number of hydrogen-bond acceptors (Lipinski definition) is 4. The van der Waals surface area contributed by atoms with E-state index in [1.54, 1.807) is 6.08 Å². The summed E-state index contributed by atoms with van der Waals surface area (Å²) in [6.45, 7) is 3.07. The molecule has 0 aromatic heterocycles. The van der Waals surface area contributed by atoms with Gasteiger partial charge in [0.05, 0.1) is 24.2 Å². The third-order valence-electron chi connectivity index (χ3n) is 8.64. The summed E-state index contributed by atoms with van der Waals surface area (Å²) in [6.07, 6.45) is -7.86. The van der Waals surface area contributed by atoms with Crippen LogP contribution in [0.5, 0.6) is 0 Å². The summed E-state index contributed by atoms with van der Waals surface area (Å²) >= 11 is 0. The number of benzene rings is 2. The Kier molecular flexibility index (Phi) is 7.67. The van der Waals surface area contributed by atoms with Gasteiger partial charge in [-0.2, -0.15) is 26.3 Å². The summed E-state index contributed by atoms with van der Waals surface area (Å²) in [4.78, 5) is 30.7. The van der Waals surface area contributed by atoms with E-state index in [0.29, 0.717) is 49.3 Å². The Morgan fingerprint density at radius 2 is 1.61 bits per heavy atom. The predicted octanol–water partition coefficient (Wildman–Crippen LogP) is 5.09. The van der Waals surface area contributed by atoms with Crippen molar-refractivity contribution in [3.05, 3.63) is 81.9 Å². The molecule has 1 N–H and O–H groups in total. The molecule has 5 nitrogen and oxygen atoms in total. The molecule has 0 saturated carbocycles. The molecule has 2 aromatic carbocycles. The summed E-state index contributed by atoms with van der Waals surface area (Å²) in [5.41, 5.74) is -0.885. The number of hydrogen-bond donors (Lipinski definition) is 1. The number of amides is 1. The fraction of sp³-hybridized carbons (Fsp3) is 0.467. The standard InChI is InChI=1S/C30H32F6N3O2/c1-18-3-5-20(6-4-18)25-8-10-38(2)15-26-27(40)24-7-9-37-14-21(24)17-39(26,28(25)41)16-19-11-22(29(31,32)33)13-23(12-19)30(34,35)36/h3-7,11-13,21,25-26,37H,8-10,14-17H2,1-2H3/q+1. The summed E-state index contributed by atoms with van der Waals surface area (Å²) < 4.78 is 82.1. The number of quaternary nitrogens is 1. The van der Waals surface area contributed by atoms with Gasteiger partial charge in [0.2, 0.25) is 5.78 Å². The van der Waals surface area contributed by atoms with E-state index < -0.39 is 52.4 Å². The van der Waals surface area contributed by atoms with Crippen LogP contribution in [0.15, 0.2) is 54.1 Å². The smallest absolute Gasteiger partial charge is 0.312 e. The second kappa shape index (κ2) is 10.7. The van der Waals surface area contributed by atoms with Crippen LogP contribution in [0, 0.1) is 12.8 Å². The highest BCUT2D eigenvalue weighted by molar-refractivity contribution is 6.01. The van der Waals surface area contributed by atoms with E-state index >= 15 is 0 Å². The third kappa shape index (κ3) is 5.72. The van der Waals surface area contributed by atoms with Crippen LogP contribution in [-0.4, -0.2) is 66.9 Å². The van der Waals surface area contributed by atoms with Gasteiger partial charge in [0.1, 0.15) is 12.5 Å². The lowest BCUT2D eigenvalue weighted by Crippen LogP contribution is -2.71. The van der Waals surface area contributed by atoms with E-state index in [2.05, 4.69) is 5.32 Å². The molecule has 2 fully saturated rings. The number of carbonyl (C=O) groups excluding carboxylic acids is 2. The number of aryl methyl sites for hydroxylation is 1. The number of halogens is 6. The molecule has 41 heavy (non-hydrogen) atoms. The Bertz CT molecular complexity index is 1340. The van der Waals surface area contributed by atoms with Crippen molar-refractivity contribution in [3.8, 4) is 0 Å². The van der Waals surface area contributed by atoms with E-state index in [1.165, 1.54) is 0 Å². The number of piperidine rings is 1. The number of alkyl halides is 6. The van der Waals surface area contributed by atoms with Gasteiger partial charge >= 0.3 is 18.3 Å². The van der Waals surface area contributed by atoms with Crippen LogP contribution in [0.1, 0.15) is 40.2 Å². The summed E-state index contributed by atoms with van der Waals surface area (Å²) in [7, 11) is 1.82. The van der Waals surface area contributed by atoms with Gasteiger partial charge < -0.3 is 10.2 Å². The first kappa shape index (κ1) is 29.5. The van der Waals surface area contributed by atoms with Gasteiger partial charge in [0, 0.05) is 30.1 Å². The number of Topliss-reactive ketones (excluding diaryl/α,β-unsaturated/α-hetero) is 1. The Hall–Kier alpha value is -3.02. The first-order valence-electron chi connectivity index (χ1n) is 13.6. The summed E-state index contributed by atoms with van der Waals surface area (Å²) in [5, 5.41) is 3.18. The monoisotopic (exact) mass is 580 g/mol. The highest BCUT2D eigenvalue weighted by atomic mass is 19.4. The number of nitrogens with one attached hydrogen (secondary N) is 1. The van der Waals surface area contributed by atoms with Crippen LogP contribution < -0.4 is 5.32 Å². The zero-order chi connectivity index (χ0) is 29.7. The second-order valence-electron chi connectivity index (χ2n) is 11.5. The molecule has 5 rings (SSSR count). The lowest BCUT2D eigenvalue weighted by Gasteiger charge is -2.51. The number of likely N-dealkylation sites (N-methyl/N-ethyl adjacent to an activating group) is 1. The number of nitrogens with zero attached hydrogens (tertiary/aromatic N) is 2. The number of rotatable bonds is 3. The Morgan fingerprint density at radius 3 is 2.22 bits per heavy atom. The van der Waals surface area contributed by atoms with Crippen molar-refractivity contribution in [2.45, 2.75) is 44.2 Å². The van der Waals surface area contributed by atoms with E-state index in [1.807, 2.05) is 43.1 Å². The maximum Gasteiger partial charge on any atom is 0.416 e. The summed E-state index contributed by atoms with van der Waals surface area (Å²) in [5.74, 6) is -1.71. The Morgan fingerprint density at radius 1 is 0.976 bits per heavy atom.